The second kappa shape index (κ2) is 5.41. The molecule has 0 spiro atoms. The first-order chi connectivity index (χ1) is 10.5. The van der Waals surface area contributed by atoms with Gasteiger partial charge in [-0.25, -0.2) is 8.42 Å². The van der Waals surface area contributed by atoms with Crippen LogP contribution in [0.25, 0.3) is 0 Å². The average molecular weight is 337 g/mol. The van der Waals surface area contributed by atoms with E-state index in [1.165, 1.54) is 24.3 Å². The van der Waals surface area contributed by atoms with Gasteiger partial charge in [0.15, 0.2) is 5.78 Å². The first kappa shape index (κ1) is 15.1. The molecule has 0 aromatic heterocycles. The largest absolute Gasteiger partial charge is 0.492 e. The molecule has 4 nitrogen and oxygen atoms in total. The van der Waals surface area contributed by atoms with Gasteiger partial charge >= 0.3 is 0 Å². The van der Waals surface area contributed by atoms with E-state index in [4.69, 9.17) is 16.3 Å². The molecule has 0 unspecified atom stereocenters. The van der Waals surface area contributed by atoms with Gasteiger partial charge in [-0.05, 0) is 30.7 Å². The minimum absolute atomic E-state index is 0.00360. The lowest BCUT2D eigenvalue weighted by atomic mass is 10.0. The summed E-state index contributed by atoms with van der Waals surface area (Å²) in [5, 5.41) is 0.113. The Labute approximate surface area is 133 Å². The monoisotopic (exact) mass is 336 g/mol. The quantitative estimate of drug-likeness (QED) is 0.734. The van der Waals surface area contributed by atoms with Gasteiger partial charge in [-0.15, -0.1) is 0 Å². The number of benzene rings is 2. The van der Waals surface area contributed by atoms with Crippen LogP contribution < -0.4 is 4.74 Å². The van der Waals surface area contributed by atoms with Gasteiger partial charge in [-0.2, -0.15) is 0 Å². The molecule has 0 N–H and O–H groups in total. The predicted molar refractivity (Wildman–Crippen MR) is 82.6 cm³/mol. The number of rotatable bonds is 3. The third kappa shape index (κ3) is 2.12. The number of ether oxygens (including phenoxy) is 1. The number of hydrogen-bond donors (Lipinski definition) is 0. The summed E-state index contributed by atoms with van der Waals surface area (Å²) in [7, 11) is -3.85. The minimum atomic E-state index is -3.85. The molecule has 0 atom stereocenters. The fourth-order valence-electron chi connectivity index (χ4n) is 2.48. The van der Waals surface area contributed by atoms with E-state index in [1.807, 2.05) is 6.92 Å². The number of fused-ring (bicyclic) bond motifs is 2. The molecular weight excluding hydrogens is 324 g/mol. The maximum Gasteiger partial charge on any atom is 0.211 e. The van der Waals surface area contributed by atoms with Gasteiger partial charge in [0.25, 0.3) is 0 Å². The van der Waals surface area contributed by atoms with Crippen molar-refractivity contribution in [1.82, 2.24) is 0 Å². The molecule has 0 amide bonds. The van der Waals surface area contributed by atoms with E-state index in [9.17, 15) is 13.2 Å². The summed E-state index contributed by atoms with van der Waals surface area (Å²) in [5.74, 6) is -0.225. The molecule has 114 valence electrons. The van der Waals surface area contributed by atoms with E-state index in [-0.39, 0.29) is 31.7 Å². The van der Waals surface area contributed by atoms with Crippen LogP contribution in [0, 0.1) is 0 Å². The van der Waals surface area contributed by atoms with E-state index >= 15 is 0 Å². The van der Waals surface area contributed by atoms with Gasteiger partial charge < -0.3 is 4.74 Å². The third-order valence-corrected chi connectivity index (χ3v) is 5.64. The Morgan fingerprint density at radius 2 is 1.86 bits per heavy atom. The van der Waals surface area contributed by atoms with Crippen LogP contribution in [-0.4, -0.2) is 20.8 Å². The van der Waals surface area contributed by atoms with Gasteiger partial charge in [0.2, 0.25) is 9.84 Å². The normalized spacial score (nSPS) is 15.1. The molecule has 6 heteroatoms. The van der Waals surface area contributed by atoms with Crippen LogP contribution in [-0.2, 0) is 9.84 Å². The fraction of sp³-hybridized carbons (Fsp3) is 0.188. The van der Waals surface area contributed by atoms with Gasteiger partial charge in [-0.1, -0.05) is 30.7 Å². The molecule has 0 saturated heterocycles. The van der Waals surface area contributed by atoms with Gasteiger partial charge in [0, 0.05) is 5.56 Å². The summed E-state index contributed by atoms with van der Waals surface area (Å²) in [6, 6.07) is 9.13. The fourth-order valence-corrected chi connectivity index (χ4v) is 4.57. The van der Waals surface area contributed by atoms with E-state index in [1.54, 1.807) is 12.1 Å². The molecular formula is C16H13ClO4S. The van der Waals surface area contributed by atoms with Crippen LogP contribution in [0.3, 0.4) is 0 Å². The second-order valence-electron chi connectivity index (χ2n) is 4.93. The van der Waals surface area contributed by atoms with Crippen molar-refractivity contribution < 1.29 is 17.9 Å². The van der Waals surface area contributed by atoms with Crippen molar-refractivity contribution in [2.45, 2.75) is 23.1 Å². The van der Waals surface area contributed by atoms with Crippen LogP contribution in [0.2, 0.25) is 5.02 Å². The Balaban J connectivity index is 2.35. The van der Waals surface area contributed by atoms with Gasteiger partial charge in [0.05, 0.1) is 22.1 Å². The van der Waals surface area contributed by atoms with Crippen LogP contribution in [0.1, 0.15) is 29.3 Å². The maximum atomic E-state index is 12.9. The molecule has 2 aromatic carbocycles. The summed E-state index contributed by atoms with van der Waals surface area (Å²) < 4.78 is 31.3. The lowest BCUT2D eigenvalue weighted by Crippen LogP contribution is -2.21. The molecule has 22 heavy (non-hydrogen) atoms. The third-order valence-electron chi connectivity index (χ3n) is 3.45. The van der Waals surface area contributed by atoms with Crippen molar-refractivity contribution >= 4 is 27.2 Å². The number of hydrogen-bond acceptors (Lipinski definition) is 4. The molecule has 1 heterocycles. The lowest BCUT2D eigenvalue weighted by molar-refractivity contribution is 0.103. The lowest BCUT2D eigenvalue weighted by Gasteiger charge is -2.22. The van der Waals surface area contributed by atoms with Crippen LogP contribution >= 0.6 is 11.6 Å². The molecule has 0 fully saturated rings. The van der Waals surface area contributed by atoms with Crippen molar-refractivity contribution in [3.63, 3.8) is 0 Å². The van der Waals surface area contributed by atoms with Crippen molar-refractivity contribution in [3.05, 3.63) is 52.5 Å². The number of halogens is 1. The Morgan fingerprint density at radius 3 is 2.59 bits per heavy atom. The highest BCUT2D eigenvalue weighted by atomic mass is 35.5. The number of carbonyl (C=O) groups is 1. The van der Waals surface area contributed by atoms with E-state index in [0.29, 0.717) is 6.61 Å². The summed E-state index contributed by atoms with van der Waals surface area (Å²) >= 11 is 6.10. The summed E-state index contributed by atoms with van der Waals surface area (Å²) in [4.78, 5) is 12.5. The highest BCUT2D eigenvalue weighted by molar-refractivity contribution is 7.92. The number of carbonyl (C=O) groups excluding carboxylic acids is 1. The zero-order valence-corrected chi connectivity index (χ0v) is 13.4. The SMILES string of the molecule is CCCOc1ccc(Cl)c2c1S(=O)(=O)c1ccccc1C2=O. The zero-order chi connectivity index (χ0) is 15.9. The maximum absolute atomic E-state index is 12.9. The Morgan fingerprint density at radius 1 is 1.14 bits per heavy atom. The van der Waals surface area contributed by atoms with Gasteiger partial charge in [0.1, 0.15) is 10.6 Å². The molecule has 0 aliphatic carbocycles. The first-order valence-corrected chi connectivity index (χ1v) is 8.68. The molecule has 0 saturated carbocycles. The molecule has 0 radical (unpaired) electrons. The zero-order valence-electron chi connectivity index (χ0n) is 11.8. The van der Waals surface area contributed by atoms with E-state index in [0.717, 1.165) is 6.42 Å². The van der Waals surface area contributed by atoms with E-state index in [2.05, 4.69) is 0 Å². The Hall–Kier alpha value is -1.85. The summed E-state index contributed by atoms with van der Waals surface area (Å²) in [6.45, 7) is 2.27. The number of ketones is 1. The van der Waals surface area contributed by atoms with Crippen molar-refractivity contribution in [1.29, 1.82) is 0 Å². The Bertz CT molecular complexity index is 872. The van der Waals surface area contributed by atoms with Gasteiger partial charge in [-0.3, -0.25) is 4.79 Å². The smallest absolute Gasteiger partial charge is 0.211 e. The van der Waals surface area contributed by atoms with Crippen molar-refractivity contribution in [3.8, 4) is 5.75 Å². The van der Waals surface area contributed by atoms with Crippen LogP contribution in [0.5, 0.6) is 5.75 Å². The molecule has 2 aromatic rings. The van der Waals surface area contributed by atoms with Crippen LogP contribution in [0.4, 0.5) is 0 Å². The van der Waals surface area contributed by atoms with E-state index < -0.39 is 15.6 Å². The molecule has 1 aliphatic rings. The van der Waals surface area contributed by atoms with Crippen LogP contribution in [0.15, 0.2) is 46.2 Å². The highest BCUT2D eigenvalue weighted by Crippen LogP contribution is 2.42. The predicted octanol–water partition coefficient (Wildman–Crippen LogP) is 3.51. The molecule has 3 rings (SSSR count). The van der Waals surface area contributed by atoms with Crippen molar-refractivity contribution in [2.75, 3.05) is 6.61 Å². The first-order valence-electron chi connectivity index (χ1n) is 6.82. The minimum Gasteiger partial charge on any atom is -0.492 e. The summed E-state index contributed by atoms with van der Waals surface area (Å²) in [5.41, 5.74) is 0.138. The molecule has 1 aliphatic heterocycles. The standard InChI is InChI=1S/C16H13ClO4S/c1-2-9-21-12-8-7-11(17)14-15(18)10-5-3-4-6-13(10)22(19,20)16(12)14/h3-8H,2,9H2,1H3. The highest BCUT2D eigenvalue weighted by Gasteiger charge is 2.38. The topological polar surface area (TPSA) is 60.4 Å². The van der Waals surface area contributed by atoms with Crippen molar-refractivity contribution in [2.24, 2.45) is 0 Å². The Kier molecular flexibility index (Phi) is 3.70. The second-order valence-corrected chi connectivity index (χ2v) is 7.19. The molecule has 0 bridgehead atoms. The average Bonchev–Trinajstić information content (AvgIpc) is 2.51. The number of sulfone groups is 1. The summed E-state index contributed by atoms with van der Waals surface area (Å²) in [6.07, 6.45) is 0.724.